The van der Waals surface area contributed by atoms with Gasteiger partial charge in [-0.05, 0) is 93.9 Å². The maximum Gasteiger partial charge on any atom is 0.273 e. The van der Waals surface area contributed by atoms with E-state index in [1.807, 2.05) is 18.9 Å². The molecule has 0 aromatic heterocycles. The van der Waals surface area contributed by atoms with Crippen molar-refractivity contribution in [1.82, 2.24) is 10.0 Å². The summed E-state index contributed by atoms with van der Waals surface area (Å²) in [6.07, 6.45) is 6.29. The van der Waals surface area contributed by atoms with Crippen molar-refractivity contribution in [3.05, 3.63) is 29.8 Å². The molecule has 0 spiro atoms. The van der Waals surface area contributed by atoms with Crippen molar-refractivity contribution in [1.29, 1.82) is 0 Å². The molecule has 4 saturated carbocycles. The van der Waals surface area contributed by atoms with Gasteiger partial charge in [-0.15, -0.1) is 0 Å². The van der Waals surface area contributed by atoms with E-state index in [4.69, 9.17) is 5.73 Å². The molecular weight excluding hydrogens is 326 g/mol. The van der Waals surface area contributed by atoms with E-state index < -0.39 is 5.54 Å². The van der Waals surface area contributed by atoms with Gasteiger partial charge in [0.2, 0.25) is 0 Å². The predicted octanol–water partition coefficient (Wildman–Crippen LogP) is 3.07. The van der Waals surface area contributed by atoms with Gasteiger partial charge in [0.15, 0.2) is 0 Å². The van der Waals surface area contributed by atoms with Crippen LogP contribution in [0.2, 0.25) is 0 Å². The van der Waals surface area contributed by atoms with Crippen LogP contribution in [0.3, 0.4) is 0 Å². The molecule has 0 radical (unpaired) electrons. The number of amides is 2. The average Bonchev–Trinajstić information content (AvgIpc) is 2.59. The molecule has 5 nitrogen and oxygen atoms in total. The van der Waals surface area contributed by atoms with E-state index in [2.05, 4.69) is 0 Å². The average molecular weight is 353 g/mol. The second-order valence-corrected chi connectivity index (χ2v) is 9.37. The fourth-order valence-corrected chi connectivity index (χ4v) is 6.35. The third-order valence-corrected chi connectivity index (χ3v) is 7.29. The molecule has 0 unspecified atom stereocenters. The van der Waals surface area contributed by atoms with Crippen LogP contribution in [0.5, 0.6) is 0 Å². The number of nitrogens with zero attached hydrogens (tertiary/aromatic N) is 2. The van der Waals surface area contributed by atoms with Gasteiger partial charge in [-0.25, -0.2) is 10.0 Å². The lowest BCUT2D eigenvalue weighted by molar-refractivity contribution is -0.230. The first-order valence-electron chi connectivity index (χ1n) is 9.90. The highest BCUT2D eigenvalue weighted by Crippen LogP contribution is 2.57. The Morgan fingerprint density at radius 2 is 1.54 bits per heavy atom. The van der Waals surface area contributed by atoms with E-state index in [0.717, 1.165) is 11.8 Å². The van der Waals surface area contributed by atoms with Crippen LogP contribution in [0.1, 0.15) is 56.3 Å². The number of benzene rings is 1. The Morgan fingerprint density at radius 1 is 1.00 bits per heavy atom. The lowest BCUT2D eigenvalue weighted by Crippen LogP contribution is -2.80. The largest absolute Gasteiger partial charge is 0.399 e. The first-order valence-corrected chi connectivity index (χ1v) is 9.90. The highest BCUT2D eigenvalue weighted by Gasteiger charge is 2.62. The number of hydrogen-bond donors (Lipinski definition) is 1. The van der Waals surface area contributed by atoms with E-state index in [1.165, 1.54) is 32.1 Å². The van der Waals surface area contributed by atoms with Gasteiger partial charge in [-0.3, -0.25) is 9.59 Å². The molecule has 26 heavy (non-hydrogen) atoms. The minimum absolute atomic E-state index is 0.0941. The van der Waals surface area contributed by atoms with E-state index in [-0.39, 0.29) is 17.9 Å². The van der Waals surface area contributed by atoms with Crippen molar-refractivity contribution < 1.29 is 9.59 Å². The fraction of sp³-hybridized carbons (Fsp3) is 0.619. The molecule has 5 aliphatic rings. The summed E-state index contributed by atoms with van der Waals surface area (Å²) in [6.45, 7) is 3.72. The molecule has 2 N–H and O–H groups in total. The lowest BCUT2D eigenvalue weighted by Gasteiger charge is -2.65. The van der Waals surface area contributed by atoms with Crippen LogP contribution in [0.15, 0.2) is 24.3 Å². The van der Waals surface area contributed by atoms with Crippen molar-refractivity contribution in [2.24, 2.45) is 23.7 Å². The number of anilines is 1. The Balaban J connectivity index is 1.47. The number of carbonyl (C=O) groups is 2. The smallest absolute Gasteiger partial charge is 0.273 e. The standard InChI is InChI=1S/C21H27N3O2/c1-21(2)20(26)23(24(21)19(25)14-3-5-17(22)6-4-14)18-15-8-12-7-13(10-15)11-16(18)9-12/h3-6,12-13,15-16,18H,7-11,22H2,1-2H3. The number of rotatable bonds is 2. The van der Waals surface area contributed by atoms with Gasteiger partial charge in [0.05, 0.1) is 6.04 Å². The minimum atomic E-state index is -0.771. The summed E-state index contributed by atoms with van der Waals surface area (Å²) in [6, 6.07) is 7.21. The van der Waals surface area contributed by atoms with Crippen LogP contribution in [0.4, 0.5) is 5.69 Å². The number of hydrogen-bond acceptors (Lipinski definition) is 3. The highest BCUT2D eigenvalue weighted by atomic mass is 16.2. The summed E-state index contributed by atoms with van der Waals surface area (Å²) in [5.41, 5.74) is 6.22. The molecule has 0 atom stereocenters. The van der Waals surface area contributed by atoms with Gasteiger partial charge in [0.25, 0.3) is 11.8 Å². The fourth-order valence-electron chi connectivity index (χ4n) is 6.35. The van der Waals surface area contributed by atoms with Crippen LogP contribution >= 0.6 is 0 Å². The van der Waals surface area contributed by atoms with Crippen molar-refractivity contribution in [2.45, 2.75) is 57.5 Å². The van der Waals surface area contributed by atoms with E-state index in [1.54, 1.807) is 29.3 Å². The summed E-state index contributed by atoms with van der Waals surface area (Å²) in [5, 5.41) is 3.57. The quantitative estimate of drug-likeness (QED) is 0.831. The third kappa shape index (κ3) is 2.09. The molecular formula is C21H27N3O2. The molecule has 5 fully saturated rings. The maximum atomic E-state index is 13.2. The Morgan fingerprint density at radius 3 is 2.08 bits per heavy atom. The Hall–Kier alpha value is -2.04. The zero-order chi connectivity index (χ0) is 18.2. The topological polar surface area (TPSA) is 66.6 Å². The second kappa shape index (κ2) is 5.24. The van der Waals surface area contributed by atoms with E-state index >= 15 is 0 Å². The van der Waals surface area contributed by atoms with Gasteiger partial charge in [-0.2, -0.15) is 0 Å². The highest BCUT2D eigenvalue weighted by molar-refractivity contribution is 6.04. The van der Waals surface area contributed by atoms with E-state index in [0.29, 0.717) is 23.1 Å². The molecule has 1 aromatic carbocycles. The number of nitrogen functional groups attached to an aromatic ring is 1. The molecule has 1 saturated heterocycles. The molecule has 5 heteroatoms. The number of carbonyl (C=O) groups excluding carboxylic acids is 2. The summed E-state index contributed by atoms with van der Waals surface area (Å²) in [7, 11) is 0. The number of hydrazine groups is 1. The van der Waals surface area contributed by atoms with Crippen molar-refractivity contribution in [3.8, 4) is 0 Å². The van der Waals surface area contributed by atoms with Crippen molar-refractivity contribution in [2.75, 3.05) is 5.73 Å². The van der Waals surface area contributed by atoms with Gasteiger partial charge in [-0.1, -0.05) is 0 Å². The second-order valence-electron chi connectivity index (χ2n) is 9.37. The molecule has 1 aliphatic heterocycles. The normalized spacial score (nSPS) is 37.0. The summed E-state index contributed by atoms with van der Waals surface area (Å²) < 4.78 is 0. The zero-order valence-corrected chi connectivity index (χ0v) is 15.5. The zero-order valence-electron chi connectivity index (χ0n) is 15.5. The monoisotopic (exact) mass is 353 g/mol. The SMILES string of the molecule is CC1(C)C(=O)N(C2C3CC4CC(C3)CC2C4)N1C(=O)c1ccc(N)cc1. The first-order chi connectivity index (χ1) is 12.4. The Labute approximate surface area is 154 Å². The van der Waals surface area contributed by atoms with Crippen LogP contribution < -0.4 is 5.73 Å². The summed E-state index contributed by atoms with van der Waals surface area (Å²) in [5.74, 6) is 2.82. The van der Waals surface area contributed by atoms with Gasteiger partial charge < -0.3 is 5.73 Å². The van der Waals surface area contributed by atoms with Gasteiger partial charge >= 0.3 is 0 Å². The van der Waals surface area contributed by atoms with E-state index in [9.17, 15) is 9.59 Å². The maximum absolute atomic E-state index is 13.2. The molecule has 2 amide bonds. The Kier molecular flexibility index (Phi) is 3.26. The molecule has 4 aliphatic carbocycles. The van der Waals surface area contributed by atoms with Crippen LogP contribution in [0, 0.1) is 23.7 Å². The van der Waals surface area contributed by atoms with Crippen molar-refractivity contribution >= 4 is 17.5 Å². The molecule has 138 valence electrons. The first kappa shape index (κ1) is 16.2. The Bertz CT molecular complexity index is 742. The van der Waals surface area contributed by atoms with Crippen LogP contribution in [-0.2, 0) is 4.79 Å². The lowest BCUT2D eigenvalue weighted by atomic mass is 9.53. The third-order valence-electron chi connectivity index (χ3n) is 7.29. The van der Waals surface area contributed by atoms with Crippen molar-refractivity contribution in [3.63, 3.8) is 0 Å². The minimum Gasteiger partial charge on any atom is -0.399 e. The van der Waals surface area contributed by atoms with Gasteiger partial charge in [0, 0.05) is 11.3 Å². The van der Waals surface area contributed by atoms with Crippen LogP contribution in [0.25, 0.3) is 0 Å². The van der Waals surface area contributed by atoms with Crippen LogP contribution in [-0.4, -0.2) is 33.4 Å². The number of nitrogens with two attached hydrogens (primary N) is 1. The summed E-state index contributed by atoms with van der Waals surface area (Å²) >= 11 is 0. The van der Waals surface area contributed by atoms with Gasteiger partial charge in [0.1, 0.15) is 5.54 Å². The molecule has 4 bridgehead atoms. The predicted molar refractivity (Wildman–Crippen MR) is 98.8 cm³/mol. The molecule has 1 aromatic rings. The molecule has 1 heterocycles. The summed E-state index contributed by atoms with van der Waals surface area (Å²) in [4.78, 5) is 26.3. The molecule has 6 rings (SSSR count).